The van der Waals surface area contributed by atoms with E-state index >= 15 is 0 Å². The highest BCUT2D eigenvalue weighted by Gasteiger charge is 2.27. The van der Waals surface area contributed by atoms with Crippen LogP contribution in [0.25, 0.3) is 0 Å². The van der Waals surface area contributed by atoms with Gasteiger partial charge < -0.3 is 5.73 Å². The Balaban J connectivity index is 1.87. The molecular formula is C14H23NS. The van der Waals surface area contributed by atoms with Crippen LogP contribution in [0.3, 0.4) is 0 Å². The van der Waals surface area contributed by atoms with Crippen LogP contribution in [-0.4, -0.2) is 5.54 Å². The minimum Gasteiger partial charge on any atom is -0.325 e. The summed E-state index contributed by atoms with van der Waals surface area (Å²) in [6.45, 7) is 2.37. The van der Waals surface area contributed by atoms with Gasteiger partial charge in [0, 0.05) is 5.54 Å². The van der Waals surface area contributed by atoms with E-state index in [1.54, 1.807) is 11.3 Å². The highest BCUT2D eigenvalue weighted by Crippen LogP contribution is 2.31. The number of aryl methyl sites for hydroxylation is 1. The van der Waals surface area contributed by atoms with Crippen molar-refractivity contribution >= 4 is 11.3 Å². The van der Waals surface area contributed by atoms with Crippen molar-refractivity contribution in [2.75, 3.05) is 0 Å². The van der Waals surface area contributed by atoms with Gasteiger partial charge in [0.15, 0.2) is 0 Å². The quantitative estimate of drug-likeness (QED) is 0.791. The maximum Gasteiger partial charge on any atom is 0.0157 e. The van der Waals surface area contributed by atoms with Crippen molar-refractivity contribution in [2.45, 2.75) is 57.4 Å². The fourth-order valence-electron chi connectivity index (χ4n) is 2.68. The zero-order valence-corrected chi connectivity index (χ0v) is 11.1. The summed E-state index contributed by atoms with van der Waals surface area (Å²) in [4.78, 5) is 0. The summed E-state index contributed by atoms with van der Waals surface area (Å²) in [5.41, 5.74) is 8.12. The Morgan fingerprint density at radius 1 is 1.44 bits per heavy atom. The lowest BCUT2D eigenvalue weighted by Crippen LogP contribution is -2.39. The molecule has 1 aliphatic rings. The second kappa shape index (κ2) is 5.33. The lowest BCUT2D eigenvalue weighted by Gasteiger charge is -2.28. The number of thiophene rings is 1. The van der Waals surface area contributed by atoms with E-state index in [1.807, 2.05) is 0 Å². The van der Waals surface area contributed by atoms with Crippen LogP contribution in [0.15, 0.2) is 16.8 Å². The van der Waals surface area contributed by atoms with Crippen molar-refractivity contribution < 1.29 is 0 Å². The van der Waals surface area contributed by atoms with Gasteiger partial charge in [-0.2, -0.15) is 11.3 Å². The Labute approximate surface area is 103 Å². The van der Waals surface area contributed by atoms with Crippen molar-refractivity contribution in [1.29, 1.82) is 0 Å². The van der Waals surface area contributed by atoms with Crippen LogP contribution in [0, 0.1) is 5.92 Å². The fourth-order valence-corrected chi connectivity index (χ4v) is 3.39. The van der Waals surface area contributed by atoms with Gasteiger partial charge in [-0.3, -0.25) is 0 Å². The molecule has 2 N–H and O–H groups in total. The molecule has 1 fully saturated rings. The van der Waals surface area contributed by atoms with Gasteiger partial charge in [0.05, 0.1) is 0 Å². The second-order valence-electron chi connectivity index (χ2n) is 5.53. The molecule has 0 spiro atoms. The van der Waals surface area contributed by atoms with Gasteiger partial charge in [-0.15, -0.1) is 0 Å². The molecule has 1 saturated carbocycles. The van der Waals surface area contributed by atoms with E-state index in [-0.39, 0.29) is 5.54 Å². The Bertz CT molecular complexity index is 307. The fraction of sp³-hybridized carbons (Fsp3) is 0.714. The van der Waals surface area contributed by atoms with Crippen LogP contribution in [0.4, 0.5) is 0 Å². The molecule has 0 bridgehead atoms. The molecule has 90 valence electrons. The molecule has 0 aliphatic heterocycles. The van der Waals surface area contributed by atoms with Crippen molar-refractivity contribution in [3.8, 4) is 0 Å². The van der Waals surface area contributed by atoms with Crippen LogP contribution in [0.2, 0.25) is 0 Å². The maximum absolute atomic E-state index is 6.54. The average molecular weight is 237 g/mol. The molecule has 2 unspecified atom stereocenters. The highest BCUT2D eigenvalue weighted by atomic mass is 32.1. The van der Waals surface area contributed by atoms with Gasteiger partial charge in [-0.25, -0.2) is 0 Å². The molecule has 2 atom stereocenters. The summed E-state index contributed by atoms with van der Waals surface area (Å²) in [6.07, 6.45) is 8.78. The van der Waals surface area contributed by atoms with Crippen molar-refractivity contribution in [3.05, 3.63) is 22.4 Å². The van der Waals surface area contributed by atoms with E-state index < -0.39 is 0 Å². The van der Waals surface area contributed by atoms with Crippen LogP contribution in [0.1, 0.15) is 51.0 Å². The minimum atomic E-state index is 0.118. The van der Waals surface area contributed by atoms with E-state index in [0.717, 1.165) is 18.8 Å². The van der Waals surface area contributed by atoms with Crippen LogP contribution in [0.5, 0.6) is 0 Å². The van der Waals surface area contributed by atoms with Gasteiger partial charge in [-0.1, -0.05) is 19.8 Å². The zero-order chi connectivity index (χ0) is 11.4. The number of hydrogen-bond donors (Lipinski definition) is 1. The molecule has 0 aromatic carbocycles. The first-order chi connectivity index (χ1) is 7.68. The first-order valence-corrected chi connectivity index (χ1v) is 7.42. The van der Waals surface area contributed by atoms with Gasteiger partial charge in [0.25, 0.3) is 0 Å². The van der Waals surface area contributed by atoms with Gasteiger partial charge in [-0.05, 0) is 60.4 Å². The first-order valence-electron chi connectivity index (χ1n) is 6.48. The molecule has 1 nitrogen and oxygen atoms in total. The molecule has 0 radical (unpaired) electrons. The molecule has 0 saturated heterocycles. The molecule has 2 rings (SSSR count). The summed E-state index contributed by atoms with van der Waals surface area (Å²) in [7, 11) is 0. The van der Waals surface area contributed by atoms with Crippen molar-refractivity contribution in [2.24, 2.45) is 11.7 Å². The summed E-state index contributed by atoms with van der Waals surface area (Å²) in [5.74, 6) is 0.881. The third-order valence-electron chi connectivity index (χ3n) is 4.00. The molecule has 2 heteroatoms. The second-order valence-corrected chi connectivity index (χ2v) is 6.31. The lowest BCUT2D eigenvalue weighted by atomic mass is 9.85. The Hall–Kier alpha value is -0.340. The SMILES string of the molecule is CC1CCCC(N)(CCc2ccsc2)CC1. The summed E-state index contributed by atoms with van der Waals surface area (Å²) in [6, 6.07) is 2.23. The predicted molar refractivity (Wildman–Crippen MR) is 71.8 cm³/mol. The molecule has 1 aromatic rings. The smallest absolute Gasteiger partial charge is 0.0157 e. The monoisotopic (exact) mass is 237 g/mol. The van der Waals surface area contributed by atoms with Gasteiger partial charge in [0.2, 0.25) is 0 Å². The third-order valence-corrected chi connectivity index (χ3v) is 4.73. The maximum atomic E-state index is 6.54. The summed E-state index contributed by atoms with van der Waals surface area (Å²) >= 11 is 1.79. The van der Waals surface area contributed by atoms with Crippen LogP contribution in [-0.2, 0) is 6.42 Å². The molecule has 1 heterocycles. The largest absolute Gasteiger partial charge is 0.325 e. The Morgan fingerprint density at radius 2 is 2.31 bits per heavy atom. The lowest BCUT2D eigenvalue weighted by molar-refractivity contribution is 0.341. The minimum absolute atomic E-state index is 0.118. The highest BCUT2D eigenvalue weighted by molar-refractivity contribution is 7.07. The van der Waals surface area contributed by atoms with E-state index in [1.165, 1.54) is 37.7 Å². The molecular weight excluding hydrogens is 214 g/mol. The standard InChI is InChI=1S/C14H23NS/c1-12-3-2-7-14(15,8-4-12)9-5-13-6-10-16-11-13/h6,10-12H,2-5,7-9,15H2,1H3. The van der Waals surface area contributed by atoms with E-state index in [9.17, 15) is 0 Å². The van der Waals surface area contributed by atoms with Crippen LogP contribution >= 0.6 is 11.3 Å². The Kier molecular flexibility index (Phi) is 4.04. The zero-order valence-electron chi connectivity index (χ0n) is 10.2. The predicted octanol–water partition coefficient (Wildman–Crippen LogP) is 3.98. The molecule has 1 aromatic heterocycles. The van der Waals surface area contributed by atoms with Crippen LogP contribution < -0.4 is 5.73 Å². The summed E-state index contributed by atoms with van der Waals surface area (Å²) < 4.78 is 0. The topological polar surface area (TPSA) is 26.0 Å². The number of nitrogens with two attached hydrogens (primary N) is 1. The normalized spacial score (nSPS) is 31.2. The third kappa shape index (κ3) is 3.33. The Morgan fingerprint density at radius 3 is 3.06 bits per heavy atom. The number of hydrogen-bond acceptors (Lipinski definition) is 2. The van der Waals surface area contributed by atoms with Gasteiger partial charge >= 0.3 is 0 Å². The van der Waals surface area contributed by atoms with E-state index in [0.29, 0.717) is 0 Å². The van der Waals surface area contributed by atoms with E-state index in [4.69, 9.17) is 5.73 Å². The molecule has 1 aliphatic carbocycles. The van der Waals surface area contributed by atoms with Crippen molar-refractivity contribution in [3.63, 3.8) is 0 Å². The number of rotatable bonds is 3. The first kappa shape index (κ1) is 12.1. The summed E-state index contributed by atoms with van der Waals surface area (Å²) in [5, 5.41) is 4.41. The van der Waals surface area contributed by atoms with Gasteiger partial charge in [0.1, 0.15) is 0 Å². The van der Waals surface area contributed by atoms with Crippen molar-refractivity contribution in [1.82, 2.24) is 0 Å². The molecule has 0 amide bonds. The van der Waals surface area contributed by atoms with E-state index in [2.05, 4.69) is 23.8 Å². The molecule has 16 heavy (non-hydrogen) atoms. The average Bonchev–Trinajstić information content (AvgIpc) is 2.71.